The molecule has 1 aliphatic carbocycles. The van der Waals surface area contributed by atoms with E-state index in [2.05, 4.69) is 20.8 Å². The van der Waals surface area contributed by atoms with Crippen molar-refractivity contribution in [2.75, 3.05) is 16.8 Å². The average Bonchev–Trinajstić information content (AvgIpc) is 3.14. The molecule has 1 aromatic carbocycles. The van der Waals surface area contributed by atoms with Crippen molar-refractivity contribution in [3.63, 3.8) is 0 Å². The van der Waals surface area contributed by atoms with Crippen LogP contribution in [0.2, 0.25) is 0 Å². The van der Waals surface area contributed by atoms with Crippen molar-refractivity contribution in [3.05, 3.63) is 45.7 Å². The fraction of sp³-hybridized carbons (Fsp3) is 0.333. The highest BCUT2D eigenvalue weighted by atomic mass is 32.2. The number of nitrogens with one attached hydrogen (secondary N) is 1. The highest BCUT2D eigenvalue weighted by Gasteiger charge is 2.35. The molecule has 25 heavy (non-hydrogen) atoms. The lowest BCUT2D eigenvalue weighted by atomic mass is 9.83. The lowest BCUT2D eigenvalue weighted by Gasteiger charge is -2.30. The highest BCUT2D eigenvalue weighted by molar-refractivity contribution is 8.00. The van der Waals surface area contributed by atoms with Crippen LogP contribution in [0.1, 0.15) is 17.2 Å². The normalized spacial score (nSPS) is 19.2. The summed E-state index contributed by atoms with van der Waals surface area (Å²) in [5.74, 6) is 1.61. The van der Waals surface area contributed by atoms with Crippen molar-refractivity contribution in [2.45, 2.75) is 18.5 Å². The zero-order valence-corrected chi connectivity index (χ0v) is 13.6. The van der Waals surface area contributed by atoms with E-state index in [1.807, 2.05) is 11.8 Å². The first kappa shape index (κ1) is 14.7. The molecule has 0 saturated carbocycles. The van der Waals surface area contributed by atoms with E-state index in [1.54, 1.807) is 6.07 Å². The zero-order chi connectivity index (χ0) is 17.0. The van der Waals surface area contributed by atoms with Crippen LogP contribution in [0, 0.1) is 5.82 Å². The molecular formula is C15H12FN5O3S. The predicted molar refractivity (Wildman–Crippen MR) is 87.0 cm³/mol. The summed E-state index contributed by atoms with van der Waals surface area (Å²) in [6.45, 7) is 0. The fourth-order valence-corrected chi connectivity index (χ4v) is 3.75. The molecule has 8 nitrogen and oxygen atoms in total. The molecule has 1 unspecified atom stereocenters. The van der Waals surface area contributed by atoms with Gasteiger partial charge in [-0.3, -0.25) is 4.52 Å². The van der Waals surface area contributed by atoms with E-state index in [9.17, 15) is 9.18 Å². The smallest absolute Gasteiger partial charge is 0.361 e. The van der Waals surface area contributed by atoms with Gasteiger partial charge in [-0.15, -0.1) is 0 Å². The lowest BCUT2D eigenvalue weighted by molar-refractivity contribution is 0.309. The molecule has 0 radical (unpaired) electrons. The first-order valence-corrected chi connectivity index (χ1v) is 8.90. The number of thioether (sulfide) groups is 1. The fourth-order valence-electron chi connectivity index (χ4n) is 3.11. The number of hydrogen-bond acceptors (Lipinski definition) is 8. The molecular weight excluding hydrogens is 349 g/mol. The van der Waals surface area contributed by atoms with Crippen molar-refractivity contribution in [3.8, 4) is 11.5 Å². The SMILES string of the molecule is O=c1onc(-c2nonc2NC2CSC2)n1C1Cc2ccc(F)cc21. The third-order valence-electron chi connectivity index (χ3n) is 4.51. The third-order valence-corrected chi connectivity index (χ3v) is 5.78. The molecule has 1 aliphatic heterocycles. The van der Waals surface area contributed by atoms with Gasteiger partial charge in [-0.25, -0.2) is 18.4 Å². The van der Waals surface area contributed by atoms with E-state index >= 15 is 0 Å². The van der Waals surface area contributed by atoms with Crippen LogP contribution in [0.15, 0.2) is 32.1 Å². The average molecular weight is 361 g/mol. The van der Waals surface area contributed by atoms with Gasteiger partial charge in [0.25, 0.3) is 0 Å². The van der Waals surface area contributed by atoms with Gasteiger partial charge in [0.2, 0.25) is 11.6 Å². The number of hydrogen-bond donors (Lipinski definition) is 1. The number of halogens is 1. The second-order valence-electron chi connectivity index (χ2n) is 6.05. The van der Waals surface area contributed by atoms with E-state index in [0.29, 0.717) is 17.9 Å². The number of aromatic nitrogens is 4. The van der Waals surface area contributed by atoms with Gasteiger partial charge in [0.15, 0.2) is 5.69 Å². The van der Waals surface area contributed by atoms with Crippen molar-refractivity contribution >= 4 is 17.6 Å². The van der Waals surface area contributed by atoms with Gasteiger partial charge in [-0.1, -0.05) is 11.2 Å². The molecule has 0 amide bonds. The maximum atomic E-state index is 13.5. The minimum Gasteiger partial charge on any atom is -0.361 e. The summed E-state index contributed by atoms with van der Waals surface area (Å²) < 4.78 is 24.6. The highest BCUT2D eigenvalue weighted by Crippen LogP contribution is 2.38. The largest absolute Gasteiger partial charge is 0.442 e. The minimum atomic E-state index is -0.622. The Bertz CT molecular complexity index is 1010. The summed E-state index contributed by atoms with van der Waals surface area (Å²) in [5.41, 5.74) is 2.05. The monoisotopic (exact) mass is 361 g/mol. The molecule has 3 heterocycles. The van der Waals surface area contributed by atoms with Gasteiger partial charge in [-0.2, -0.15) is 11.8 Å². The molecule has 3 aromatic rings. The van der Waals surface area contributed by atoms with Crippen LogP contribution < -0.4 is 11.1 Å². The molecule has 1 fully saturated rings. The van der Waals surface area contributed by atoms with Crippen LogP contribution in [-0.4, -0.2) is 37.6 Å². The van der Waals surface area contributed by atoms with Crippen LogP contribution in [-0.2, 0) is 6.42 Å². The Balaban J connectivity index is 1.55. The molecule has 1 atom stereocenters. The summed E-state index contributed by atoms with van der Waals surface area (Å²) in [6.07, 6.45) is 0.594. The maximum Gasteiger partial charge on any atom is 0.442 e. The molecule has 128 valence electrons. The summed E-state index contributed by atoms with van der Waals surface area (Å²) >= 11 is 1.82. The van der Waals surface area contributed by atoms with Crippen molar-refractivity contribution in [2.24, 2.45) is 0 Å². The second-order valence-corrected chi connectivity index (χ2v) is 7.12. The molecule has 1 N–H and O–H groups in total. The summed E-state index contributed by atoms with van der Waals surface area (Å²) in [7, 11) is 0. The van der Waals surface area contributed by atoms with Crippen molar-refractivity contribution < 1.29 is 13.5 Å². The quantitative estimate of drug-likeness (QED) is 0.750. The number of fused-ring (bicyclic) bond motifs is 1. The van der Waals surface area contributed by atoms with E-state index < -0.39 is 5.76 Å². The molecule has 2 aromatic heterocycles. The Hall–Kier alpha value is -2.62. The van der Waals surface area contributed by atoms with Crippen LogP contribution in [0.25, 0.3) is 11.5 Å². The molecule has 1 saturated heterocycles. The number of anilines is 1. The lowest BCUT2D eigenvalue weighted by Crippen LogP contribution is -2.34. The molecule has 2 aliphatic rings. The molecule has 0 bridgehead atoms. The van der Waals surface area contributed by atoms with Gasteiger partial charge in [0.1, 0.15) is 5.82 Å². The van der Waals surface area contributed by atoms with E-state index in [1.165, 1.54) is 16.7 Å². The molecule has 10 heteroatoms. The Morgan fingerprint density at radius 3 is 2.96 bits per heavy atom. The Morgan fingerprint density at radius 2 is 2.16 bits per heavy atom. The van der Waals surface area contributed by atoms with Gasteiger partial charge < -0.3 is 5.32 Å². The number of rotatable bonds is 4. The van der Waals surface area contributed by atoms with Crippen LogP contribution in [0.3, 0.4) is 0 Å². The van der Waals surface area contributed by atoms with Crippen molar-refractivity contribution in [1.82, 2.24) is 20.0 Å². The summed E-state index contributed by atoms with van der Waals surface area (Å²) in [4.78, 5) is 12.2. The molecule has 5 rings (SSSR count). The Labute approximate surface area is 144 Å². The third kappa shape index (κ3) is 2.28. The first-order valence-electron chi connectivity index (χ1n) is 7.74. The minimum absolute atomic E-state index is 0.223. The zero-order valence-electron chi connectivity index (χ0n) is 12.8. The maximum absolute atomic E-state index is 13.5. The van der Waals surface area contributed by atoms with Gasteiger partial charge in [0.05, 0.1) is 6.04 Å². The second kappa shape index (κ2) is 5.45. The van der Waals surface area contributed by atoms with Crippen molar-refractivity contribution in [1.29, 1.82) is 0 Å². The van der Waals surface area contributed by atoms with E-state index in [4.69, 9.17) is 9.15 Å². The number of nitrogens with zero attached hydrogens (tertiary/aromatic N) is 4. The van der Waals surface area contributed by atoms with Crippen LogP contribution in [0.4, 0.5) is 10.2 Å². The topological polar surface area (TPSA) is 99.0 Å². The summed E-state index contributed by atoms with van der Waals surface area (Å²) in [5, 5.41) is 14.8. The molecule has 0 spiro atoms. The Kier molecular flexibility index (Phi) is 3.20. The van der Waals surface area contributed by atoms with Gasteiger partial charge in [0, 0.05) is 17.5 Å². The van der Waals surface area contributed by atoms with E-state index in [0.717, 1.165) is 22.6 Å². The number of benzene rings is 1. The van der Waals surface area contributed by atoms with Crippen LogP contribution in [0.5, 0.6) is 0 Å². The first-order chi connectivity index (χ1) is 12.2. The standard InChI is InChI=1S/C15H12FN5O3S/c16-8-2-1-7-3-11(10(7)4-8)21-14(20-23-15(21)22)12-13(19-24-18-12)17-9-5-25-6-9/h1-2,4,9,11H,3,5-6H2,(H,17,19). The summed E-state index contributed by atoms with van der Waals surface area (Å²) in [6, 6.07) is 4.49. The Morgan fingerprint density at radius 1 is 1.28 bits per heavy atom. The predicted octanol–water partition coefficient (Wildman–Crippen LogP) is 1.70. The van der Waals surface area contributed by atoms with Gasteiger partial charge >= 0.3 is 5.76 Å². The van der Waals surface area contributed by atoms with E-state index in [-0.39, 0.29) is 23.7 Å². The van der Waals surface area contributed by atoms with Gasteiger partial charge in [-0.05, 0) is 40.0 Å². The van der Waals surface area contributed by atoms with Crippen LogP contribution >= 0.6 is 11.8 Å².